The van der Waals surface area contributed by atoms with Gasteiger partial charge in [-0.2, -0.15) is 0 Å². The molecule has 1 aromatic carbocycles. The number of benzene rings is 1. The van der Waals surface area contributed by atoms with Crippen LogP contribution in [0.5, 0.6) is 0 Å². The Balaban J connectivity index is 2.74. The normalized spacial score (nSPS) is 13.1. The molecule has 0 saturated heterocycles. The lowest BCUT2D eigenvalue weighted by Crippen LogP contribution is -2.38. The monoisotopic (exact) mass is 265 g/mol. The zero-order chi connectivity index (χ0) is 12.8. The van der Waals surface area contributed by atoms with E-state index in [0.717, 1.165) is 6.42 Å². The van der Waals surface area contributed by atoms with E-state index >= 15 is 0 Å². The maximum Gasteiger partial charge on any atom is 0.254 e. The van der Waals surface area contributed by atoms with Gasteiger partial charge in [0.25, 0.3) is 6.43 Å². The highest BCUT2D eigenvalue weighted by atomic mass is 35.5. The molecule has 0 aliphatic rings. The van der Waals surface area contributed by atoms with Crippen LogP contribution in [-0.2, 0) is 6.42 Å². The second-order valence-corrected chi connectivity index (χ2v) is 4.27. The average Bonchev–Trinajstić information content (AvgIpc) is 2.28. The van der Waals surface area contributed by atoms with Crippen LogP contribution in [0.2, 0.25) is 5.02 Å². The zero-order valence-corrected chi connectivity index (χ0v) is 10.3. The SMILES string of the molecule is CCCNC(Cc1cc(Cl)ccc1F)C(F)F. The van der Waals surface area contributed by atoms with Gasteiger partial charge in [-0.25, -0.2) is 13.2 Å². The van der Waals surface area contributed by atoms with E-state index < -0.39 is 18.3 Å². The third-order valence-corrected chi connectivity index (χ3v) is 2.64. The highest BCUT2D eigenvalue weighted by Gasteiger charge is 2.21. The van der Waals surface area contributed by atoms with E-state index in [0.29, 0.717) is 11.6 Å². The van der Waals surface area contributed by atoms with E-state index in [1.54, 1.807) is 0 Å². The van der Waals surface area contributed by atoms with Gasteiger partial charge in [0.05, 0.1) is 6.04 Å². The van der Waals surface area contributed by atoms with Crippen LogP contribution in [0.25, 0.3) is 0 Å². The van der Waals surface area contributed by atoms with Gasteiger partial charge in [-0.3, -0.25) is 0 Å². The van der Waals surface area contributed by atoms with Crippen LogP contribution in [0.15, 0.2) is 18.2 Å². The molecule has 1 N–H and O–H groups in total. The Hall–Kier alpha value is -0.740. The molecule has 0 amide bonds. The summed E-state index contributed by atoms with van der Waals surface area (Å²) >= 11 is 5.71. The van der Waals surface area contributed by atoms with Gasteiger partial charge in [-0.1, -0.05) is 18.5 Å². The molecule has 5 heteroatoms. The van der Waals surface area contributed by atoms with Gasteiger partial charge in [0.15, 0.2) is 0 Å². The van der Waals surface area contributed by atoms with Gasteiger partial charge in [-0.15, -0.1) is 0 Å². The smallest absolute Gasteiger partial charge is 0.254 e. The highest BCUT2D eigenvalue weighted by molar-refractivity contribution is 6.30. The molecule has 0 spiro atoms. The molecule has 96 valence electrons. The third kappa shape index (κ3) is 4.56. The second kappa shape index (κ2) is 6.87. The van der Waals surface area contributed by atoms with Crippen molar-refractivity contribution in [3.05, 3.63) is 34.6 Å². The fourth-order valence-corrected chi connectivity index (χ4v) is 1.71. The van der Waals surface area contributed by atoms with E-state index in [1.807, 2.05) is 6.92 Å². The summed E-state index contributed by atoms with van der Waals surface area (Å²) in [7, 11) is 0. The van der Waals surface area contributed by atoms with E-state index in [9.17, 15) is 13.2 Å². The standard InChI is InChI=1S/C12H15ClF3N/c1-2-5-17-11(12(15)16)7-8-6-9(13)3-4-10(8)14/h3-4,6,11-12,17H,2,5,7H2,1H3. The first kappa shape index (κ1) is 14.3. The fraction of sp³-hybridized carbons (Fsp3) is 0.500. The Morgan fingerprint density at radius 1 is 1.35 bits per heavy atom. The molecule has 17 heavy (non-hydrogen) atoms. The lowest BCUT2D eigenvalue weighted by Gasteiger charge is -2.18. The van der Waals surface area contributed by atoms with Crippen molar-refractivity contribution in [3.63, 3.8) is 0 Å². The molecule has 0 saturated carbocycles. The molecule has 0 aliphatic carbocycles. The van der Waals surface area contributed by atoms with E-state index in [1.165, 1.54) is 18.2 Å². The number of halogens is 4. The molecule has 1 aromatic rings. The first-order valence-electron chi connectivity index (χ1n) is 5.50. The molecule has 0 aromatic heterocycles. The second-order valence-electron chi connectivity index (χ2n) is 3.83. The molecule has 1 atom stereocenters. The number of nitrogens with one attached hydrogen (secondary N) is 1. The molecule has 0 heterocycles. The van der Waals surface area contributed by atoms with E-state index in [4.69, 9.17) is 11.6 Å². The van der Waals surface area contributed by atoms with Gasteiger partial charge in [0, 0.05) is 5.02 Å². The van der Waals surface area contributed by atoms with Crippen molar-refractivity contribution in [2.45, 2.75) is 32.2 Å². The minimum absolute atomic E-state index is 0.0654. The van der Waals surface area contributed by atoms with Crippen LogP contribution in [0.1, 0.15) is 18.9 Å². The van der Waals surface area contributed by atoms with Crippen LogP contribution in [0, 0.1) is 5.82 Å². The van der Waals surface area contributed by atoms with E-state index in [-0.39, 0.29) is 12.0 Å². The molecule has 0 radical (unpaired) electrons. The fourth-order valence-electron chi connectivity index (χ4n) is 1.52. The summed E-state index contributed by atoms with van der Waals surface area (Å²) in [4.78, 5) is 0. The summed E-state index contributed by atoms with van der Waals surface area (Å²) in [5.74, 6) is -0.502. The summed E-state index contributed by atoms with van der Waals surface area (Å²) in [6.07, 6.45) is -1.84. The van der Waals surface area contributed by atoms with Crippen molar-refractivity contribution >= 4 is 11.6 Å². The Kier molecular flexibility index (Phi) is 5.78. The van der Waals surface area contributed by atoms with Crippen molar-refractivity contribution in [1.82, 2.24) is 5.32 Å². The van der Waals surface area contributed by atoms with Gasteiger partial charge in [-0.05, 0) is 43.1 Å². The predicted octanol–water partition coefficient (Wildman–Crippen LogP) is 3.65. The number of hydrogen-bond donors (Lipinski definition) is 1. The van der Waals surface area contributed by atoms with Gasteiger partial charge in [0.1, 0.15) is 5.82 Å². The Morgan fingerprint density at radius 3 is 2.65 bits per heavy atom. The molecule has 1 nitrogen and oxygen atoms in total. The van der Waals surface area contributed by atoms with Crippen LogP contribution < -0.4 is 5.32 Å². The summed E-state index contributed by atoms with van der Waals surface area (Å²) < 4.78 is 38.8. The Labute approximate surface area is 104 Å². The maximum atomic E-state index is 13.4. The van der Waals surface area contributed by atoms with Crippen LogP contribution in [0.4, 0.5) is 13.2 Å². The minimum Gasteiger partial charge on any atom is -0.309 e. The predicted molar refractivity (Wildman–Crippen MR) is 63.2 cm³/mol. The first-order valence-corrected chi connectivity index (χ1v) is 5.87. The molecule has 0 aliphatic heterocycles. The van der Waals surface area contributed by atoms with Crippen molar-refractivity contribution in [1.29, 1.82) is 0 Å². The van der Waals surface area contributed by atoms with Gasteiger partial charge >= 0.3 is 0 Å². The topological polar surface area (TPSA) is 12.0 Å². The molecule has 1 unspecified atom stereocenters. The summed E-state index contributed by atoms with van der Waals surface area (Å²) in [6.45, 7) is 2.37. The van der Waals surface area contributed by atoms with Gasteiger partial charge in [0.2, 0.25) is 0 Å². The maximum absolute atomic E-state index is 13.4. The summed E-state index contributed by atoms with van der Waals surface area (Å²) in [6, 6.07) is 2.94. The minimum atomic E-state index is -2.53. The van der Waals surface area contributed by atoms with Crippen molar-refractivity contribution < 1.29 is 13.2 Å². The lowest BCUT2D eigenvalue weighted by atomic mass is 10.1. The summed E-state index contributed by atoms with van der Waals surface area (Å²) in [5, 5.41) is 3.06. The third-order valence-electron chi connectivity index (χ3n) is 2.41. The number of alkyl halides is 2. The Bertz CT molecular complexity index is 358. The quantitative estimate of drug-likeness (QED) is 0.828. The Morgan fingerprint density at radius 2 is 2.06 bits per heavy atom. The molecule has 0 fully saturated rings. The van der Waals surface area contributed by atoms with Crippen molar-refractivity contribution in [3.8, 4) is 0 Å². The van der Waals surface area contributed by atoms with Crippen molar-refractivity contribution in [2.75, 3.05) is 6.54 Å². The zero-order valence-electron chi connectivity index (χ0n) is 9.52. The molecular formula is C12H15ClF3N. The van der Waals surface area contributed by atoms with Crippen LogP contribution in [0.3, 0.4) is 0 Å². The summed E-state index contributed by atoms with van der Waals surface area (Å²) in [5.41, 5.74) is 0.214. The van der Waals surface area contributed by atoms with Crippen molar-refractivity contribution in [2.24, 2.45) is 0 Å². The van der Waals surface area contributed by atoms with Crippen LogP contribution in [-0.4, -0.2) is 19.0 Å². The highest BCUT2D eigenvalue weighted by Crippen LogP contribution is 2.18. The molecular weight excluding hydrogens is 251 g/mol. The molecule has 0 bridgehead atoms. The molecule has 1 rings (SSSR count). The number of rotatable bonds is 6. The van der Waals surface area contributed by atoms with Crippen LogP contribution >= 0.6 is 11.6 Å². The largest absolute Gasteiger partial charge is 0.309 e. The number of hydrogen-bond acceptors (Lipinski definition) is 1. The average molecular weight is 266 g/mol. The lowest BCUT2D eigenvalue weighted by molar-refractivity contribution is 0.0979. The van der Waals surface area contributed by atoms with Gasteiger partial charge < -0.3 is 5.32 Å². The van der Waals surface area contributed by atoms with E-state index in [2.05, 4.69) is 5.32 Å². The first-order chi connectivity index (χ1) is 8.04.